The molecule has 2 aliphatic carbocycles. The number of urea groups is 1. The van der Waals surface area contributed by atoms with Gasteiger partial charge in [-0.15, -0.1) is 0 Å². The number of rotatable bonds is 7. The van der Waals surface area contributed by atoms with Gasteiger partial charge < -0.3 is 20.7 Å². The number of ether oxygens (including phenoxy) is 1. The summed E-state index contributed by atoms with van der Waals surface area (Å²) in [6.45, 7) is 1.05. The van der Waals surface area contributed by atoms with E-state index in [1.165, 1.54) is 11.1 Å². The van der Waals surface area contributed by atoms with Crippen LogP contribution in [-0.2, 0) is 4.74 Å². The van der Waals surface area contributed by atoms with Crippen LogP contribution in [0.2, 0.25) is 0 Å². The Morgan fingerprint density at radius 3 is 2.62 bits per heavy atom. The van der Waals surface area contributed by atoms with Gasteiger partial charge in [-0.05, 0) is 68.9 Å². The minimum Gasteiger partial charge on any atom is -0.383 e. The van der Waals surface area contributed by atoms with E-state index >= 15 is 0 Å². The SMILES string of the molecule is COCCNC(=O)N1C2CCC1CC(c1nc3c(-c4ccc(C5=CC=CCC5)nc4)cnn3c(N)c1C1CC1)C2. The first-order chi connectivity index (χ1) is 19.6. The lowest BCUT2D eigenvalue weighted by Gasteiger charge is -2.39. The molecule has 0 radical (unpaired) electrons. The average Bonchev–Trinajstić information content (AvgIpc) is 3.67. The molecular weight excluding hydrogens is 502 g/mol. The molecule has 2 amide bonds. The minimum atomic E-state index is 0.0300. The number of nitrogens with two attached hydrogens (primary N) is 1. The lowest BCUT2D eigenvalue weighted by molar-refractivity contribution is 0.133. The third kappa shape index (κ3) is 4.46. The zero-order valence-corrected chi connectivity index (χ0v) is 23.1. The molecule has 0 aromatic carbocycles. The first-order valence-electron chi connectivity index (χ1n) is 14.7. The van der Waals surface area contributed by atoms with Crippen molar-refractivity contribution in [2.24, 2.45) is 0 Å². The molecule has 1 saturated carbocycles. The van der Waals surface area contributed by atoms with Gasteiger partial charge in [0.15, 0.2) is 5.65 Å². The molecule has 2 aliphatic heterocycles. The molecule has 2 saturated heterocycles. The predicted molar refractivity (Wildman–Crippen MR) is 155 cm³/mol. The largest absolute Gasteiger partial charge is 0.383 e. The summed E-state index contributed by atoms with van der Waals surface area (Å²) < 4.78 is 6.93. The number of nitrogens with one attached hydrogen (secondary N) is 1. The quantitative estimate of drug-likeness (QED) is 0.407. The van der Waals surface area contributed by atoms with Crippen molar-refractivity contribution in [2.75, 3.05) is 26.0 Å². The zero-order valence-electron chi connectivity index (χ0n) is 23.1. The van der Waals surface area contributed by atoms with E-state index in [2.05, 4.69) is 45.7 Å². The first-order valence-corrected chi connectivity index (χ1v) is 14.7. The van der Waals surface area contributed by atoms with Crippen LogP contribution in [0, 0.1) is 0 Å². The number of methoxy groups -OCH3 is 1. The number of anilines is 1. The van der Waals surface area contributed by atoms with E-state index in [0.29, 0.717) is 24.9 Å². The predicted octanol–water partition coefficient (Wildman–Crippen LogP) is 5.05. The zero-order chi connectivity index (χ0) is 27.2. The molecule has 9 nitrogen and oxygen atoms in total. The second kappa shape index (κ2) is 10.4. The molecule has 3 aromatic rings. The van der Waals surface area contributed by atoms with Crippen LogP contribution in [0.5, 0.6) is 0 Å². The van der Waals surface area contributed by atoms with Crippen molar-refractivity contribution in [3.8, 4) is 11.1 Å². The van der Waals surface area contributed by atoms with E-state index in [4.69, 9.17) is 20.4 Å². The first kappa shape index (κ1) is 25.3. The van der Waals surface area contributed by atoms with Gasteiger partial charge in [-0.25, -0.2) is 9.78 Å². The number of amides is 2. The molecule has 0 spiro atoms. The van der Waals surface area contributed by atoms with Crippen LogP contribution in [0.15, 0.2) is 42.8 Å². The highest BCUT2D eigenvalue weighted by molar-refractivity contribution is 5.79. The lowest BCUT2D eigenvalue weighted by atomic mass is 9.85. The van der Waals surface area contributed by atoms with Crippen LogP contribution in [0.3, 0.4) is 0 Å². The summed E-state index contributed by atoms with van der Waals surface area (Å²) >= 11 is 0. The molecule has 9 heteroatoms. The van der Waals surface area contributed by atoms with E-state index in [-0.39, 0.29) is 24.0 Å². The summed E-state index contributed by atoms with van der Waals surface area (Å²) in [6.07, 6.45) is 18.5. The number of carbonyl (C=O) groups is 1. The highest BCUT2D eigenvalue weighted by Crippen LogP contribution is 2.50. The van der Waals surface area contributed by atoms with Crippen molar-refractivity contribution < 1.29 is 9.53 Å². The van der Waals surface area contributed by atoms with E-state index < -0.39 is 0 Å². The van der Waals surface area contributed by atoms with Crippen LogP contribution >= 0.6 is 0 Å². The number of aromatic nitrogens is 4. The van der Waals surface area contributed by atoms with Gasteiger partial charge in [0, 0.05) is 54.5 Å². The second-order valence-corrected chi connectivity index (χ2v) is 11.6. The Labute approximate surface area is 234 Å². The van der Waals surface area contributed by atoms with E-state index in [1.807, 2.05) is 16.9 Å². The number of pyridine rings is 1. The molecule has 4 aliphatic rings. The number of hydrogen-bond acceptors (Lipinski definition) is 6. The van der Waals surface area contributed by atoms with Crippen molar-refractivity contribution in [3.63, 3.8) is 0 Å². The van der Waals surface area contributed by atoms with Crippen LogP contribution in [0.25, 0.3) is 22.3 Å². The summed E-state index contributed by atoms with van der Waals surface area (Å²) in [5.41, 5.74) is 14.2. The number of allylic oxidation sites excluding steroid dienone is 4. The van der Waals surface area contributed by atoms with Crippen molar-refractivity contribution in [3.05, 3.63) is 59.7 Å². The molecule has 3 aromatic heterocycles. The van der Waals surface area contributed by atoms with Gasteiger partial charge in [0.25, 0.3) is 0 Å². The molecule has 3 N–H and O–H groups in total. The Kier molecular flexibility index (Phi) is 6.54. The van der Waals surface area contributed by atoms with Crippen LogP contribution in [0.1, 0.15) is 80.2 Å². The Morgan fingerprint density at radius 1 is 1.12 bits per heavy atom. The minimum absolute atomic E-state index is 0.0300. The summed E-state index contributed by atoms with van der Waals surface area (Å²) in [5.74, 6) is 1.44. The standard InChI is InChI=1S/C31H37N7O2/c1-40-14-13-33-31(39)37-23-10-11-24(37)16-22(15-23)28-27(20-7-8-20)29(32)38-30(36-28)25(18-35-38)21-9-12-26(34-17-21)19-5-3-2-4-6-19/h2-3,5,9,12,17-18,20,22-24H,4,6-8,10-11,13-16,32H2,1H3,(H,33,39). The third-order valence-electron chi connectivity index (χ3n) is 9.09. The van der Waals surface area contributed by atoms with Gasteiger partial charge in [0.2, 0.25) is 0 Å². The Morgan fingerprint density at radius 2 is 1.95 bits per heavy atom. The summed E-state index contributed by atoms with van der Waals surface area (Å²) in [5, 5.41) is 7.72. The fraction of sp³-hybridized carbons (Fsp3) is 0.484. The summed E-state index contributed by atoms with van der Waals surface area (Å²) in [6, 6.07) is 4.69. The summed E-state index contributed by atoms with van der Waals surface area (Å²) in [4.78, 5) is 25.2. The number of piperidine rings is 1. The Balaban J connectivity index is 1.21. The fourth-order valence-electron chi connectivity index (χ4n) is 6.99. The van der Waals surface area contributed by atoms with Crippen molar-refractivity contribution in [1.82, 2.24) is 29.8 Å². The maximum absolute atomic E-state index is 13.0. The van der Waals surface area contributed by atoms with Crippen molar-refractivity contribution in [2.45, 2.75) is 75.3 Å². The van der Waals surface area contributed by atoms with E-state index in [0.717, 1.165) is 79.5 Å². The van der Waals surface area contributed by atoms with Gasteiger partial charge in [0.05, 0.1) is 24.2 Å². The number of fused-ring (bicyclic) bond motifs is 3. The Hall–Kier alpha value is -3.72. The highest BCUT2D eigenvalue weighted by atomic mass is 16.5. The maximum atomic E-state index is 13.0. The lowest BCUT2D eigenvalue weighted by Crippen LogP contribution is -2.51. The molecule has 2 unspecified atom stereocenters. The maximum Gasteiger partial charge on any atom is 0.317 e. The van der Waals surface area contributed by atoms with Gasteiger partial charge in [-0.2, -0.15) is 9.61 Å². The molecule has 3 fully saturated rings. The van der Waals surface area contributed by atoms with Gasteiger partial charge in [-0.1, -0.05) is 24.3 Å². The molecule has 5 heterocycles. The highest BCUT2D eigenvalue weighted by Gasteiger charge is 2.45. The van der Waals surface area contributed by atoms with Crippen molar-refractivity contribution in [1.29, 1.82) is 0 Å². The van der Waals surface area contributed by atoms with Gasteiger partial charge >= 0.3 is 6.03 Å². The molecule has 2 atom stereocenters. The monoisotopic (exact) mass is 539 g/mol. The Bertz CT molecular complexity index is 1470. The van der Waals surface area contributed by atoms with E-state index in [1.54, 1.807) is 7.11 Å². The molecular formula is C31H37N7O2. The topological polar surface area (TPSA) is 111 Å². The van der Waals surface area contributed by atoms with Crippen LogP contribution < -0.4 is 11.1 Å². The van der Waals surface area contributed by atoms with Gasteiger partial charge in [0.1, 0.15) is 5.82 Å². The number of hydrogen-bond donors (Lipinski definition) is 2. The third-order valence-corrected chi connectivity index (χ3v) is 9.09. The van der Waals surface area contributed by atoms with Crippen molar-refractivity contribution >= 4 is 23.1 Å². The van der Waals surface area contributed by atoms with E-state index in [9.17, 15) is 4.79 Å². The molecule has 40 heavy (non-hydrogen) atoms. The normalized spacial score (nSPS) is 24.0. The molecule has 2 bridgehead atoms. The number of nitrogens with zero attached hydrogens (tertiary/aromatic N) is 5. The number of nitrogen functional groups attached to an aromatic ring is 1. The van der Waals surface area contributed by atoms with Crippen LogP contribution in [-0.4, -0.2) is 62.9 Å². The second-order valence-electron chi connectivity index (χ2n) is 11.6. The van der Waals surface area contributed by atoms with Gasteiger partial charge in [-0.3, -0.25) is 4.98 Å². The van der Waals surface area contributed by atoms with Crippen LogP contribution in [0.4, 0.5) is 10.6 Å². The number of carbonyl (C=O) groups excluding carboxylic acids is 1. The average molecular weight is 540 g/mol. The fourth-order valence-corrected chi connectivity index (χ4v) is 6.99. The molecule has 208 valence electrons. The summed E-state index contributed by atoms with van der Waals surface area (Å²) in [7, 11) is 1.65. The molecule has 7 rings (SSSR count). The smallest absolute Gasteiger partial charge is 0.317 e.